The van der Waals surface area contributed by atoms with Crippen LogP contribution in [0.4, 0.5) is 0 Å². The molecule has 84 valence electrons. The fourth-order valence-electron chi connectivity index (χ4n) is 1.74. The fraction of sp³-hybridized carbons (Fsp3) is 0.385. The van der Waals surface area contributed by atoms with E-state index in [-0.39, 0.29) is 0 Å². The number of nitrogens with zero attached hydrogens (tertiary/aromatic N) is 1. The Morgan fingerprint density at radius 3 is 2.50 bits per heavy atom. The average molecular weight is 233 g/mol. The van der Waals surface area contributed by atoms with Gasteiger partial charge < -0.3 is 0 Å². The summed E-state index contributed by atoms with van der Waals surface area (Å²) in [6.07, 6.45) is 3.05. The Morgan fingerprint density at radius 1 is 1.31 bits per heavy atom. The van der Waals surface area contributed by atoms with Crippen LogP contribution in [0.2, 0.25) is 0 Å². The molecule has 2 rings (SSSR count). The van der Waals surface area contributed by atoms with Crippen LogP contribution in [0.5, 0.6) is 0 Å². The second-order valence-electron chi connectivity index (χ2n) is 4.43. The second kappa shape index (κ2) is 4.74. The molecule has 1 aliphatic heterocycles. The maximum Gasteiger partial charge on any atom is 0.200 e. The van der Waals surface area contributed by atoms with Gasteiger partial charge in [0.05, 0.1) is 6.42 Å². The first-order chi connectivity index (χ1) is 7.65. The molecule has 0 bridgehead atoms. The van der Waals surface area contributed by atoms with Gasteiger partial charge in [-0.05, 0) is 23.6 Å². The van der Waals surface area contributed by atoms with Crippen molar-refractivity contribution in [2.24, 2.45) is 0 Å². The molecule has 0 saturated carbocycles. The molecule has 16 heavy (non-hydrogen) atoms. The summed E-state index contributed by atoms with van der Waals surface area (Å²) in [4.78, 5) is 0.926. The first-order valence-electron chi connectivity index (χ1n) is 5.66. The molecule has 0 unspecified atom stereocenters. The largest absolute Gasteiger partial charge is 0.200 e. The third-order valence-electron chi connectivity index (χ3n) is 2.76. The van der Waals surface area contributed by atoms with Crippen LogP contribution in [-0.2, 0) is 0 Å². The summed E-state index contributed by atoms with van der Waals surface area (Å²) in [7, 11) is 0. The van der Waals surface area contributed by atoms with Crippen molar-refractivity contribution in [3.63, 3.8) is 0 Å². The van der Waals surface area contributed by atoms with Crippen LogP contribution in [0.3, 0.4) is 0 Å². The lowest BCUT2D eigenvalue weighted by Crippen LogP contribution is -2.24. The van der Waals surface area contributed by atoms with E-state index >= 15 is 0 Å². The molecule has 0 radical (unpaired) electrons. The molecule has 0 amide bonds. The molecule has 3 heteroatoms. The predicted octanol–water partition coefficient (Wildman–Crippen LogP) is 2.48. The highest BCUT2D eigenvalue weighted by Gasteiger charge is 2.17. The van der Waals surface area contributed by atoms with Gasteiger partial charge in [0.2, 0.25) is 6.21 Å². The standard InChI is InChI=1S/C13H16N2S/c1-10(2)12-5-3-11(4-6-12)9-15-8-7-13(16)14-15/h3-6,9-10H,7-8H2,1-2H3/p+1/b15-9-. The van der Waals surface area contributed by atoms with Gasteiger partial charge in [-0.1, -0.05) is 38.2 Å². The monoisotopic (exact) mass is 233 g/mol. The zero-order valence-corrected chi connectivity index (χ0v) is 10.6. The Balaban J connectivity index is 2.13. The van der Waals surface area contributed by atoms with Crippen LogP contribution in [0, 0.1) is 0 Å². The quantitative estimate of drug-likeness (QED) is 0.623. The van der Waals surface area contributed by atoms with Crippen LogP contribution in [0.25, 0.3) is 0 Å². The van der Waals surface area contributed by atoms with Crippen LogP contribution in [0.1, 0.15) is 37.3 Å². The number of thiocarbonyl (C=S) groups is 1. The molecule has 0 aliphatic carbocycles. The van der Waals surface area contributed by atoms with Crippen LogP contribution >= 0.6 is 12.2 Å². The molecule has 1 saturated heterocycles. The van der Waals surface area contributed by atoms with Crippen molar-refractivity contribution in [1.29, 1.82) is 0 Å². The van der Waals surface area contributed by atoms with E-state index in [2.05, 4.69) is 49.8 Å². The number of nitrogens with one attached hydrogen (secondary N) is 1. The molecular weight excluding hydrogens is 216 g/mol. The van der Waals surface area contributed by atoms with Gasteiger partial charge in [-0.15, -0.1) is 4.68 Å². The zero-order valence-electron chi connectivity index (χ0n) is 9.73. The summed E-state index contributed by atoms with van der Waals surface area (Å²) in [6, 6.07) is 8.67. The van der Waals surface area contributed by atoms with Gasteiger partial charge >= 0.3 is 0 Å². The van der Waals surface area contributed by atoms with Crippen molar-refractivity contribution < 1.29 is 4.68 Å². The Kier molecular flexibility index (Phi) is 3.34. The SMILES string of the molecule is CC(C)c1ccc(/C=[N+]2/CCC(=S)N2)cc1. The van der Waals surface area contributed by atoms with E-state index in [9.17, 15) is 0 Å². The molecule has 1 aromatic rings. The van der Waals surface area contributed by atoms with E-state index in [0.717, 1.165) is 18.0 Å². The van der Waals surface area contributed by atoms with E-state index < -0.39 is 0 Å². The van der Waals surface area contributed by atoms with Gasteiger partial charge in [0.1, 0.15) is 4.99 Å². The minimum Gasteiger partial charge on any atom is -0.159 e. The van der Waals surface area contributed by atoms with Gasteiger partial charge in [0.15, 0.2) is 6.54 Å². The molecule has 0 atom stereocenters. The first kappa shape index (κ1) is 11.3. The van der Waals surface area contributed by atoms with Crippen molar-refractivity contribution in [2.45, 2.75) is 26.2 Å². The van der Waals surface area contributed by atoms with Crippen LogP contribution < -0.4 is 5.43 Å². The minimum atomic E-state index is 0.589. The lowest BCUT2D eigenvalue weighted by Gasteiger charge is -2.03. The Bertz CT molecular complexity index is 418. The summed E-state index contributed by atoms with van der Waals surface area (Å²) in [5.74, 6) is 0.589. The topological polar surface area (TPSA) is 15.0 Å². The Labute approximate surface area is 102 Å². The summed E-state index contributed by atoms with van der Waals surface area (Å²) >= 11 is 5.09. The van der Waals surface area contributed by atoms with E-state index in [1.165, 1.54) is 11.1 Å². The van der Waals surface area contributed by atoms with E-state index in [0.29, 0.717) is 5.92 Å². The second-order valence-corrected chi connectivity index (χ2v) is 4.92. The maximum absolute atomic E-state index is 5.09. The molecule has 2 nitrogen and oxygen atoms in total. The summed E-state index contributed by atoms with van der Waals surface area (Å²) in [5.41, 5.74) is 5.74. The van der Waals surface area contributed by atoms with Gasteiger partial charge in [-0.2, -0.15) is 5.43 Å². The molecule has 1 heterocycles. The number of hydrogen-bond acceptors (Lipinski definition) is 1. The molecule has 1 aromatic carbocycles. The highest BCUT2D eigenvalue weighted by molar-refractivity contribution is 7.80. The lowest BCUT2D eigenvalue weighted by molar-refractivity contribution is -0.551. The van der Waals surface area contributed by atoms with Crippen molar-refractivity contribution in [3.05, 3.63) is 35.4 Å². The number of benzene rings is 1. The van der Waals surface area contributed by atoms with Crippen LogP contribution in [0.15, 0.2) is 24.3 Å². The number of hydrogen-bond donors (Lipinski definition) is 1. The van der Waals surface area contributed by atoms with E-state index in [4.69, 9.17) is 12.2 Å². The lowest BCUT2D eigenvalue weighted by atomic mass is 10.0. The molecule has 0 aromatic heterocycles. The molecule has 1 fully saturated rings. The van der Waals surface area contributed by atoms with Gasteiger partial charge in [-0.3, -0.25) is 0 Å². The highest BCUT2D eigenvalue weighted by Crippen LogP contribution is 2.13. The summed E-state index contributed by atoms with van der Waals surface area (Å²) < 4.78 is 2.05. The number of hydrazine groups is 1. The van der Waals surface area contributed by atoms with Gasteiger partial charge in [0.25, 0.3) is 0 Å². The summed E-state index contributed by atoms with van der Waals surface area (Å²) in [6.45, 7) is 5.38. The molecular formula is C13H17N2S+. The third kappa shape index (κ3) is 2.67. The van der Waals surface area contributed by atoms with Crippen molar-refractivity contribution in [1.82, 2.24) is 5.43 Å². The third-order valence-corrected chi connectivity index (χ3v) is 3.05. The Morgan fingerprint density at radius 2 is 2.00 bits per heavy atom. The van der Waals surface area contributed by atoms with Crippen LogP contribution in [-0.4, -0.2) is 22.4 Å². The highest BCUT2D eigenvalue weighted by atomic mass is 32.1. The van der Waals surface area contributed by atoms with E-state index in [1.54, 1.807) is 0 Å². The zero-order chi connectivity index (χ0) is 11.5. The normalized spacial score (nSPS) is 18.2. The molecule has 1 N–H and O–H groups in total. The molecule has 0 spiro atoms. The van der Waals surface area contributed by atoms with Crippen molar-refractivity contribution in [3.8, 4) is 0 Å². The Hall–Kier alpha value is -1.22. The van der Waals surface area contributed by atoms with Gasteiger partial charge in [0, 0.05) is 5.56 Å². The first-order valence-corrected chi connectivity index (χ1v) is 6.07. The fourth-order valence-corrected chi connectivity index (χ4v) is 1.95. The molecule has 1 aliphatic rings. The van der Waals surface area contributed by atoms with Gasteiger partial charge in [-0.25, -0.2) is 0 Å². The minimum absolute atomic E-state index is 0.589. The predicted molar refractivity (Wildman–Crippen MR) is 71.2 cm³/mol. The van der Waals surface area contributed by atoms with Crippen molar-refractivity contribution in [2.75, 3.05) is 6.54 Å². The number of hydrazone groups is 1. The average Bonchev–Trinajstić information content (AvgIpc) is 2.65. The van der Waals surface area contributed by atoms with Crippen molar-refractivity contribution >= 4 is 23.4 Å². The summed E-state index contributed by atoms with van der Waals surface area (Å²) in [5, 5.41) is 0. The smallest absolute Gasteiger partial charge is 0.159 e. The maximum atomic E-state index is 5.09. The number of rotatable bonds is 2. The van der Waals surface area contributed by atoms with E-state index in [1.807, 2.05) is 4.68 Å².